The molecule has 0 aliphatic heterocycles. The number of thiophene rings is 1. The Morgan fingerprint density at radius 1 is 1.24 bits per heavy atom. The number of pyridine rings is 1. The fourth-order valence-electron chi connectivity index (χ4n) is 2.01. The number of hydrogen-bond donors (Lipinski definition) is 1. The smallest absolute Gasteiger partial charge is 0.336 e. The fourth-order valence-corrected chi connectivity index (χ4v) is 3.89. The Bertz CT molecular complexity index is 879. The summed E-state index contributed by atoms with van der Waals surface area (Å²) in [6, 6.07) is 8.41. The van der Waals surface area contributed by atoms with Crippen LogP contribution < -0.4 is 0 Å². The van der Waals surface area contributed by atoms with Crippen molar-refractivity contribution >= 4 is 67.3 Å². The number of carboxylic acid groups (broad SMARTS) is 1. The van der Waals surface area contributed by atoms with E-state index in [0.717, 1.165) is 8.66 Å². The molecule has 3 nitrogen and oxygen atoms in total. The summed E-state index contributed by atoms with van der Waals surface area (Å²) in [4.78, 5) is 16.8. The monoisotopic (exact) mass is 401 g/mol. The van der Waals surface area contributed by atoms with E-state index in [1.54, 1.807) is 12.1 Å². The van der Waals surface area contributed by atoms with Crippen LogP contribution in [0.25, 0.3) is 21.5 Å². The lowest BCUT2D eigenvalue weighted by Crippen LogP contribution is -2.00. The Kier molecular flexibility index (Phi) is 3.92. The molecule has 0 aliphatic carbocycles. The molecule has 21 heavy (non-hydrogen) atoms. The van der Waals surface area contributed by atoms with Gasteiger partial charge in [-0.15, -0.1) is 11.3 Å². The summed E-state index contributed by atoms with van der Waals surface area (Å²) in [6.45, 7) is 0. The molecule has 0 atom stereocenters. The minimum Gasteiger partial charge on any atom is -0.478 e. The lowest BCUT2D eigenvalue weighted by atomic mass is 10.1. The summed E-state index contributed by atoms with van der Waals surface area (Å²) in [6.07, 6.45) is 0. The standard InChI is InChI=1S/C14H6BrCl2NO2S/c15-12-2-1-11(21-12)10-5-8(14(19)20)7-3-6(16)4-9(17)13(7)18-10/h1-5H,(H,19,20). The molecule has 0 amide bonds. The van der Waals surface area contributed by atoms with E-state index in [2.05, 4.69) is 20.9 Å². The summed E-state index contributed by atoms with van der Waals surface area (Å²) in [5, 5.41) is 10.6. The lowest BCUT2D eigenvalue weighted by molar-refractivity contribution is 0.0699. The summed E-state index contributed by atoms with van der Waals surface area (Å²) >= 11 is 17.0. The Hall–Kier alpha value is -1.14. The van der Waals surface area contributed by atoms with Gasteiger partial charge in [-0.05, 0) is 46.3 Å². The second-order valence-electron chi connectivity index (χ2n) is 4.25. The second kappa shape index (κ2) is 5.57. The minimum absolute atomic E-state index is 0.129. The Labute approximate surface area is 142 Å². The van der Waals surface area contributed by atoms with Crippen molar-refractivity contribution in [3.8, 4) is 10.6 Å². The molecule has 7 heteroatoms. The number of hydrogen-bond acceptors (Lipinski definition) is 3. The first-order valence-electron chi connectivity index (χ1n) is 5.74. The maximum atomic E-state index is 11.5. The highest BCUT2D eigenvalue weighted by molar-refractivity contribution is 9.11. The van der Waals surface area contributed by atoms with Crippen LogP contribution in [-0.2, 0) is 0 Å². The molecule has 2 heterocycles. The molecule has 1 N–H and O–H groups in total. The highest BCUT2D eigenvalue weighted by Gasteiger charge is 2.16. The van der Waals surface area contributed by atoms with Gasteiger partial charge in [-0.3, -0.25) is 0 Å². The third kappa shape index (κ3) is 2.79. The molecule has 3 aromatic rings. The van der Waals surface area contributed by atoms with E-state index < -0.39 is 5.97 Å². The van der Waals surface area contributed by atoms with Gasteiger partial charge in [0, 0.05) is 10.4 Å². The molecular weight excluding hydrogens is 397 g/mol. The van der Waals surface area contributed by atoms with Crippen LogP contribution >= 0.6 is 50.5 Å². The van der Waals surface area contributed by atoms with Crippen LogP contribution in [0.1, 0.15) is 10.4 Å². The van der Waals surface area contributed by atoms with Crippen LogP contribution in [0.15, 0.2) is 34.1 Å². The van der Waals surface area contributed by atoms with Crippen molar-refractivity contribution in [2.24, 2.45) is 0 Å². The molecule has 0 saturated carbocycles. The normalized spacial score (nSPS) is 11.0. The Morgan fingerprint density at radius 3 is 2.62 bits per heavy atom. The van der Waals surface area contributed by atoms with Crippen LogP contribution in [-0.4, -0.2) is 16.1 Å². The third-order valence-electron chi connectivity index (χ3n) is 2.89. The van der Waals surface area contributed by atoms with Gasteiger partial charge in [-0.2, -0.15) is 0 Å². The van der Waals surface area contributed by atoms with E-state index in [0.29, 0.717) is 26.6 Å². The Balaban J connectivity index is 2.37. The molecule has 0 bridgehead atoms. The van der Waals surface area contributed by atoms with Crippen LogP contribution in [0.2, 0.25) is 10.0 Å². The van der Waals surface area contributed by atoms with E-state index in [4.69, 9.17) is 23.2 Å². The molecular formula is C14H6BrCl2NO2S. The first-order valence-corrected chi connectivity index (χ1v) is 8.11. The highest BCUT2D eigenvalue weighted by atomic mass is 79.9. The van der Waals surface area contributed by atoms with E-state index >= 15 is 0 Å². The van der Waals surface area contributed by atoms with Gasteiger partial charge in [0.2, 0.25) is 0 Å². The molecule has 1 aromatic carbocycles. The first kappa shape index (κ1) is 14.8. The van der Waals surface area contributed by atoms with E-state index in [1.165, 1.54) is 17.4 Å². The number of aromatic carboxylic acids is 1. The van der Waals surface area contributed by atoms with Gasteiger partial charge in [0.05, 0.1) is 30.5 Å². The number of fused-ring (bicyclic) bond motifs is 1. The van der Waals surface area contributed by atoms with Gasteiger partial charge < -0.3 is 5.11 Å². The van der Waals surface area contributed by atoms with Gasteiger partial charge in [-0.1, -0.05) is 23.2 Å². The number of carboxylic acids is 1. The maximum absolute atomic E-state index is 11.5. The predicted octanol–water partition coefficient (Wildman–Crippen LogP) is 5.73. The quantitative estimate of drug-likeness (QED) is 0.595. The number of nitrogens with zero attached hydrogens (tertiary/aromatic N) is 1. The molecule has 106 valence electrons. The van der Waals surface area contributed by atoms with Crippen molar-refractivity contribution in [2.45, 2.75) is 0 Å². The second-order valence-corrected chi connectivity index (χ2v) is 7.55. The summed E-state index contributed by atoms with van der Waals surface area (Å²) in [5.41, 5.74) is 1.13. The van der Waals surface area contributed by atoms with Crippen LogP contribution in [0.4, 0.5) is 0 Å². The lowest BCUT2D eigenvalue weighted by Gasteiger charge is -2.07. The summed E-state index contributed by atoms with van der Waals surface area (Å²) in [5.74, 6) is -1.04. The van der Waals surface area contributed by atoms with Crippen LogP contribution in [0, 0.1) is 0 Å². The predicted molar refractivity (Wildman–Crippen MR) is 89.7 cm³/mol. The number of rotatable bonds is 2. The minimum atomic E-state index is -1.04. The molecule has 0 saturated heterocycles. The molecule has 0 aliphatic rings. The van der Waals surface area contributed by atoms with Crippen molar-refractivity contribution in [2.75, 3.05) is 0 Å². The topological polar surface area (TPSA) is 50.2 Å². The molecule has 0 spiro atoms. The van der Waals surface area contributed by atoms with Crippen LogP contribution in [0.5, 0.6) is 0 Å². The highest BCUT2D eigenvalue weighted by Crippen LogP contribution is 2.35. The molecule has 2 aromatic heterocycles. The van der Waals surface area contributed by atoms with Crippen LogP contribution in [0.3, 0.4) is 0 Å². The van der Waals surface area contributed by atoms with E-state index in [-0.39, 0.29) is 5.56 Å². The molecule has 0 fully saturated rings. The SMILES string of the molecule is O=C(O)c1cc(-c2ccc(Br)s2)nc2c(Cl)cc(Cl)cc12. The average molecular weight is 403 g/mol. The van der Waals surface area contributed by atoms with E-state index in [1.807, 2.05) is 12.1 Å². The Morgan fingerprint density at radius 2 is 2.00 bits per heavy atom. The summed E-state index contributed by atoms with van der Waals surface area (Å²) in [7, 11) is 0. The van der Waals surface area contributed by atoms with Gasteiger partial charge in [0.1, 0.15) is 0 Å². The van der Waals surface area contributed by atoms with Crippen molar-refractivity contribution in [1.82, 2.24) is 4.98 Å². The number of benzene rings is 1. The van der Waals surface area contributed by atoms with Gasteiger partial charge in [0.25, 0.3) is 0 Å². The van der Waals surface area contributed by atoms with Crippen molar-refractivity contribution in [1.29, 1.82) is 0 Å². The number of carbonyl (C=O) groups is 1. The number of halogens is 3. The summed E-state index contributed by atoms with van der Waals surface area (Å²) < 4.78 is 0.943. The van der Waals surface area contributed by atoms with E-state index in [9.17, 15) is 9.90 Å². The van der Waals surface area contributed by atoms with Crippen molar-refractivity contribution in [3.63, 3.8) is 0 Å². The van der Waals surface area contributed by atoms with Gasteiger partial charge in [-0.25, -0.2) is 9.78 Å². The van der Waals surface area contributed by atoms with Gasteiger partial charge >= 0.3 is 5.97 Å². The largest absolute Gasteiger partial charge is 0.478 e. The van der Waals surface area contributed by atoms with Gasteiger partial charge in [0.15, 0.2) is 0 Å². The zero-order valence-electron chi connectivity index (χ0n) is 10.2. The number of aromatic nitrogens is 1. The molecule has 0 unspecified atom stereocenters. The zero-order valence-corrected chi connectivity index (χ0v) is 14.1. The molecule has 3 rings (SSSR count). The molecule has 0 radical (unpaired) electrons. The van der Waals surface area contributed by atoms with Crippen molar-refractivity contribution in [3.05, 3.63) is 49.7 Å². The fraction of sp³-hybridized carbons (Fsp3) is 0. The third-order valence-corrected chi connectivity index (χ3v) is 5.04. The maximum Gasteiger partial charge on any atom is 0.336 e. The average Bonchev–Trinajstić information content (AvgIpc) is 2.84. The first-order chi connectivity index (χ1) is 9.95. The zero-order chi connectivity index (χ0) is 15.1. The van der Waals surface area contributed by atoms with Crippen molar-refractivity contribution < 1.29 is 9.90 Å².